The summed E-state index contributed by atoms with van der Waals surface area (Å²) in [5, 5.41) is 8.82. The lowest BCUT2D eigenvalue weighted by Crippen LogP contribution is -2.32. The summed E-state index contributed by atoms with van der Waals surface area (Å²) < 4.78 is 12.3. The third kappa shape index (κ3) is 6.16. The molecule has 7 nitrogen and oxygen atoms in total. The Hall–Kier alpha value is -4.17. The summed E-state index contributed by atoms with van der Waals surface area (Å²) in [6, 6.07) is 23.4. The molecule has 0 fully saturated rings. The number of nitrogens with one attached hydrogen (secondary N) is 2. The van der Waals surface area contributed by atoms with Gasteiger partial charge in [0.05, 0.1) is 17.8 Å². The van der Waals surface area contributed by atoms with Crippen LogP contribution < -0.4 is 20.2 Å². The number of ether oxygens (including phenoxy) is 2. The van der Waals surface area contributed by atoms with Crippen molar-refractivity contribution in [2.75, 3.05) is 12.4 Å². The fourth-order valence-corrected chi connectivity index (χ4v) is 4.49. The van der Waals surface area contributed by atoms with Gasteiger partial charge in [-0.1, -0.05) is 60.7 Å². The molecule has 0 unspecified atom stereocenters. The maximum atomic E-state index is 12.3. The Morgan fingerprint density at radius 1 is 0.946 bits per heavy atom. The van der Waals surface area contributed by atoms with Crippen LogP contribution in [0.1, 0.15) is 22.3 Å². The van der Waals surface area contributed by atoms with Crippen LogP contribution in [0.15, 0.2) is 82.4 Å². The third-order valence-electron chi connectivity index (χ3n) is 5.81. The van der Waals surface area contributed by atoms with Gasteiger partial charge in [-0.15, -0.1) is 0 Å². The molecule has 0 saturated heterocycles. The summed E-state index contributed by atoms with van der Waals surface area (Å²) in [6.07, 6.45) is 1.42. The molecule has 0 atom stereocenters. The van der Waals surface area contributed by atoms with Gasteiger partial charge in [-0.05, 0) is 74.9 Å². The van der Waals surface area contributed by atoms with E-state index in [1.807, 2.05) is 56.3 Å². The molecule has 0 aliphatic rings. The molecule has 4 aromatic rings. The number of hydrazone groups is 1. The van der Waals surface area contributed by atoms with Gasteiger partial charge in [-0.2, -0.15) is 5.10 Å². The molecular formula is C29H26BrN3O4. The fraction of sp³-hybridized carbons (Fsp3) is 0.138. The summed E-state index contributed by atoms with van der Waals surface area (Å²) in [5.41, 5.74) is 6.29. The van der Waals surface area contributed by atoms with Gasteiger partial charge in [0.15, 0.2) is 11.5 Å². The normalized spacial score (nSPS) is 10.9. The van der Waals surface area contributed by atoms with E-state index in [4.69, 9.17) is 9.47 Å². The zero-order valence-corrected chi connectivity index (χ0v) is 22.3. The standard InChI is InChI=1S/C29H26BrN3O4/c1-18-8-6-9-19(2)26(18)32-28(34)29(35)33-31-16-20-14-24(30)27(25(15-20)36-3)37-17-22-12-7-11-21-10-4-5-13-23(21)22/h4-16H,17H2,1-3H3,(H,32,34)(H,33,35)/b31-16+. The minimum Gasteiger partial charge on any atom is -0.493 e. The molecule has 37 heavy (non-hydrogen) atoms. The predicted molar refractivity (Wildman–Crippen MR) is 149 cm³/mol. The Morgan fingerprint density at radius 2 is 1.65 bits per heavy atom. The van der Waals surface area contributed by atoms with E-state index in [1.54, 1.807) is 19.2 Å². The van der Waals surface area contributed by atoms with Gasteiger partial charge in [0.25, 0.3) is 0 Å². The van der Waals surface area contributed by atoms with Crippen molar-refractivity contribution in [3.8, 4) is 11.5 Å². The maximum absolute atomic E-state index is 12.3. The second kappa shape index (κ2) is 11.7. The highest BCUT2D eigenvalue weighted by atomic mass is 79.9. The molecule has 4 rings (SSSR count). The zero-order valence-electron chi connectivity index (χ0n) is 20.7. The van der Waals surface area contributed by atoms with Gasteiger partial charge in [-0.3, -0.25) is 9.59 Å². The van der Waals surface area contributed by atoms with Crippen molar-refractivity contribution in [2.24, 2.45) is 5.10 Å². The maximum Gasteiger partial charge on any atom is 0.329 e. The Balaban J connectivity index is 1.42. The first-order valence-corrected chi connectivity index (χ1v) is 12.3. The number of carbonyl (C=O) groups excluding carboxylic acids is 2. The highest BCUT2D eigenvalue weighted by molar-refractivity contribution is 9.10. The fourth-order valence-electron chi connectivity index (χ4n) is 3.92. The summed E-state index contributed by atoms with van der Waals surface area (Å²) >= 11 is 3.54. The Kier molecular flexibility index (Phi) is 8.20. The molecule has 0 aromatic heterocycles. The van der Waals surface area contributed by atoms with Crippen molar-refractivity contribution in [1.29, 1.82) is 0 Å². The van der Waals surface area contributed by atoms with Gasteiger partial charge in [-0.25, -0.2) is 5.43 Å². The first-order chi connectivity index (χ1) is 17.9. The number of nitrogens with zero attached hydrogens (tertiary/aromatic N) is 1. The minimum absolute atomic E-state index is 0.356. The highest BCUT2D eigenvalue weighted by Crippen LogP contribution is 2.37. The Labute approximate surface area is 223 Å². The molecule has 2 N–H and O–H groups in total. The number of carbonyl (C=O) groups is 2. The number of rotatable bonds is 7. The van der Waals surface area contributed by atoms with E-state index in [-0.39, 0.29) is 0 Å². The van der Waals surface area contributed by atoms with Crippen LogP contribution in [-0.4, -0.2) is 25.1 Å². The lowest BCUT2D eigenvalue weighted by atomic mass is 10.1. The van der Waals surface area contributed by atoms with Crippen LogP contribution in [0.4, 0.5) is 5.69 Å². The van der Waals surface area contributed by atoms with Crippen molar-refractivity contribution in [2.45, 2.75) is 20.5 Å². The number of amides is 2. The quantitative estimate of drug-likeness (QED) is 0.168. The van der Waals surface area contributed by atoms with Crippen molar-refractivity contribution < 1.29 is 19.1 Å². The number of para-hydroxylation sites is 1. The molecule has 0 heterocycles. The van der Waals surface area contributed by atoms with Crippen LogP contribution in [0.3, 0.4) is 0 Å². The number of methoxy groups -OCH3 is 1. The molecule has 2 amide bonds. The topological polar surface area (TPSA) is 89.0 Å². The number of halogens is 1. The first kappa shape index (κ1) is 25.9. The average molecular weight is 560 g/mol. The molecule has 0 radical (unpaired) electrons. The largest absolute Gasteiger partial charge is 0.493 e. The van der Waals surface area contributed by atoms with Crippen LogP contribution in [0.25, 0.3) is 10.8 Å². The van der Waals surface area contributed by atoms with Gasteiger partial charge in [0, 0.05) is 5.69 Å². The number of hydrogen-bond acceptors (Lipinski definition) is 5. The van der Waals surface area contributed by atoms with Crippen LogP contribution in [0.5, 0.6) is 11.5 Å². The number of hydrogen-bond donors (Lipinski definition) is 2. The monoisotopic (exact) mass is 559 g/mol. The molecule has 0 bridgehead atoms. The van der Waals surface area contributed by atoms with Crippen molar-refractivity contribution in [3.63, 3.8) is 0 Å². The SMILES string of the molecule is COc1cc(/C=N/NC(=O)C(=O)Nc2c(C)cccc2C)cc(Br)c1OCc1cccc2ccccc12. The summed E-state index contributed by atoms with van der Waals surface area (Å²) in [7, 11) is 1.55. The third-order valence-corrected chi connectivity index (χ3v) is 6.40. The van der Waals surface area contributed by atoms with E-state index in [9.17, 15) is 9.59 Å². The van der Waals surface area contributed by atoms with E-state index in [0.717, 1.165) is 27.5 Å². The molecule has 0 aliphatic carbocycles. The highest BCUT2D eigenvalue weighted by Gasteiger charge is 2.16. The number of anilines is 1. The summed E-state index contributed by atoms with van der Waals surface area (Å²) in [4.78, 5) is 24.5. The van der Waals surface area contributed by atoms with Crippen molar-refractivity contribution in [3.05, 3.63) is 99.5 Å². The van der Waals surface area contributed by atoms with Gasteiger partial charge < -0.3 is 14.8 Å². The van der Waals surface area contributed by atoms with Crippen molar-refractivity contribution in [1.82, 2.24) is 5.43 Å². The van der Waals surface area contributed by atoms with Gasteiger partial charge >= 0.3 is 11.8 Å². The lowest BCUT2D eigenvalue weighted by Gasteiger charge is -2.14. The van der Waals surface area contributed by atoms with Crippen LogP contribution in [0.2, 0.25) is 0 Å². The Morgan fingerprint density at radius 3 is 2.41 bits per heavy atom. The van der Waals surface area contributed by atoms with Crippen molar-refractivity contribution >= 4 is 50.4 Å². The molecule has 0 saturated carbocycles. The number of benzene rings is 4. The average Bonchev–Trinajstić information content (AvgIpc) is 2.89. The summed E-state index contributed by atoms with van der Waals surface area (Å²) in [6.45, 7) is 4.08. The molecule has 0 spiro atoms. The first-order valence-electron chi connectivity index (χ1n) is 11.5. The molecular weight excluding hydrogens is 534 g/mol. The Bertz CT molecular complexity index is 1470. The summed E-state index contributed by atoms with van der Waals surface area (Å²) in [5.74, 6) is -0.634. The van der Waals surface area contributed by atoms with E-state index in [1.165, 1.54) is 6.21 Å². The van der Waals surface area contributed by atoms with Crippen LogP contribution in [-0.2, 0) is 16.2 Å². The van der Waals surface area contributed by atoms with E-state index >= 15 is 0 Å². The molecule has 0 aliphatic heterocycles. The van der Waals surface area contributed by atoms with E-state index in [0.29, 0.717) is 33.8 Å². The molecule has 8 heteroatoms. The lowest BCUT2D eigenvalue weighted by molar-refractivity contribution is -0.136. The minimum atomic E-state index is -0.875. The van der Waals surface area contributed by atoms with Gasteiger partial charge in [0.2, 0.25) is 0 Å². The number of fused-ring (bicyclic) bond motifs is 1. The molecule has 188 valence electrons. The van der Waals surface area contributed by atoms with Gasteiger partial charge in [0.1, 0.15) is 6.61 Å². The zero-order chi connectivity index (χ0) is 26.4. The second-order valence-electron chi connectivity index (χ2n) is 8.38. The van der Waals surface area contributed by atoms with E-state index in [2.05, 4.69) is 50.0 Å². The number of aryl methyl sites for hydroxylation is 2. The van der Waals surface area contributed by atoms with Crippen LogP contribution >= 0.6 is 15.9 Å². The molecule has 4 aromatic carbocycles. The van der Waals surface area contributed by atoms with Crippen LogP contribution in [0, 0.1) is 13.8 Å². The van der Waals surface area contributed by atoms with E-state index < -0.39 is 11.8 Å². The predicted octanol–water partition coefficient (Wildman–Crippen LogP) is 5.90. The second-order valence-corrected chi connectivity index (χ2v) is 9.24. The smallest absolute Gasteiger partial charge is 0.329 e.